The molecule has 2 aromatic carbocycles. The highest BCUT2D eigenvalue weighted by Gasteiger charge is 2.15. The Bertz CT molecular complexity index is 826. The maximum Gasteiger partial charge on any atom is 0.326 e. The van der Waals surface area contributed by atoms with E-state index in [9.17, 15) is 4.79 Å². The van der Waals surface area contributed by atoms with Crippen LogP contribution in [-0.2, 0) is 16.1 Å². The number of imidazole rings is 1. The fourth-order valence-electron chi connectivity index (χ4n) is 2.42. The summed E-state index contributed by atoms with van der Waals surface area (Å²) >= 11 is 3.47. The third-order valence-electron chi connectivity index (χ3n) is 3.33. The first kappa shape index (κ1) is 14.8. The summed E-state index contributed by atoms with van der Waals surface area (Å²) in [6, 6.07) is 15.7. The Labute approximate surface area is 136 Å². The van der Waals surface area contributed by atoms with Crippen molar-refractivity contribution in [2.24, 2.45) is 0 Å². The van der Waals surface area contributed by atoms with Crippen LogP contribution in [0.2, 0.25) is 0 Å². The van der Waals surface area contributed by atoms with Crippen molar-refractivity contribution in [1.29, 1.82) is 0 Å². The number of para-hydroxylation sites is 2. The maximum atomic E-state index is 11.9. The Balaban J connectivity index is 2.14. The minimum Gasteiger partial charge on any atom is -0.465 e. The summed E-state index contributed by atoms with van der Waals surface area (Å²) in [7, 11) is 0. The number of carbonyl (C=O) groups is 1. The van der Waals surface area contributed by atoms with Gasteiger partial charge in [-0.3, -0.25) is 4.79 Å². The molecule has 0 saturated carbocycles. The quantitative estimate of drug-likeness (QED) is 0.661. The summed E-state index contributed by atoms with van der Waals surface area (Å²) in [6.45, 7) is 2.33. The van der Waals surface area contributed by atoms with E-state index in [1.54, 1.807) is 6.92 Å². The van der Waals surface area contributed by atoms with Crippen LogP contribution >= 0.6 is 15.9 Å². The molecule has 0 bridgehead atoms. The van der Waals surface area contributed by atoms with Crippen LogP contribution in [0.25, 0.3) is 22.4 Å². The van der Waals surface area contributed by atoms with E-state index in [0.717, 1.165) is 26.9 Å². The number of aromatic nitrogens is 2. The number of ether oxygens (including phenoxy) is 1. The minimum atomic E-state index is -0.262. The molecular formula is C17H15BrN2O2. The number of hydrogen-bond acceptors (Lipinski definition) is 3. The van der Waals surface area contributed by atoms with Crippen LogP contribution in [0, 0.1) is 0 Å². The summed E-state index contributed by atoms with van der Waals surface area (Å²) in [5, 5.41) is 0. The molecule has 1 heterocycles. The van der Waals surface area contributed by atoms with Gasteiger partial charge in [-0.2, -0.15) is 0 Å². The lowest BCUT2D eigenvalue weighted by molar-refractivity contribution is -0.143. The van der Waals surface area contributed by atoms with Gasteiger partial charge in [0.1, 0.15) is 12.4 Å². The molecule has 0 aliphatic heterocycles. The lowest BCUT2D eigenvalue weighted by Gasteiger charge is -2.09. The summed E-state index contributed by atoms with van der Waals surface area (Å²) in [5.74, 6) is 0.498. The summed E-state index contributed by atoms with van der Waals surface area (Å²) in [5.41, 5.74) is 2.74. The molecule has 0 N–H and O–H groups in total. The summed E-state index contributed by atoms with van der Waals surface area (Å²) < 4.78 is 7.95. The molecule has 0 unspecified atom stereocenters. The number of rotatable bonds is 4. The molecule has 0 atom stereocenters. The zero-order valence-electron chi connectivity index (χ0n) is 12.1. The molecule has 0 saturated heterocycles. The SMILES string of the molecule is CCOC(=O)Cn1c(-c2cccc(Br)c2)nc2ccccc21. The van der Waals surface area contributed by atoms with Crippen LogP contribution in [-0.4, -0.2) is 22.1 Å². The zero-order valence-corrected chi connectivity index (χ0v) is 13.7. The van der Waals surface area contributed by atoms with Crippen LogP contribution in [0.3, 0.4) is 0 Å². The van der Waals surface area contributed by atoms with Gasteiger partial charge in [0.2, 0.25) is 0 Å². The van der Waals surface area contributed by atoms with Crippen molar-refractivity contribution in [3.05, 3.63) is 53.0 Å². The Morgan fingerprint density at radius 2 is 2.05 bits per heavy atom. The Morgan fingerprint density at radius 3 is 2.82 bits per heavy atom. The van der Waals surface area contributed by atoms with Gasteiger partial charge in [0.15, 0.2) is 0 Å². The normalized spacial score (nSPS) is 10.8. The van der Waals surface area contributed by atoms with Crippen molar-refractivity contribution in [1.82, 2.24) is 9.55 Å². The lowest BCUT2D eigenvalue weighted by Crippen LogP contribution is -2.14. The van der Waals surface area contributed by atoms with Crippen molar-refractivity contribution in [2.75, 3.05) is 6.61 Å². The van der Waals surface area contributed by atoms with Crippen molar-refractivity contribution in [3.63, 3.8) is 0 Å². The molecule has 4 nitrogen and oxygen atoms in total. The van der Waals surface area contributed by atoms with Gasteiger partial charge < -0.3 is 9.30 Å². The first-order valence-electron chi connectivity index (χ1n) is 7.06. The Kier molecular flexibility index (Phi) is 4.24. The highest BCUT2D eigenvalue weighted by atomic mass is 79.9. The summed E-state index contributed by atoms with van der Waals surface area (Å²) in [6.07, 6.45) is 0. The van der Waals surface area contributed by atoms with Gasteiger partial charge in [0.05, 0.1) is 17.6 Å². The van der Waals surface area contributed by atoms with E-state index in [2.05, 4.69) is 20.9 Å². The highest BCUT2D eigenvalue weighted by Crippen LogP contribution is 2.26. The monoisotopic (exact) mass is 358 g/mol. The first-order valence-corrected chi connectivity index (χ1v) is 7.85. The maximum absolute atomic E-state index is 11.9. The topological polar surface area (TPSA) is 44.1 Å². The van der Waals surface area contributed by atoms with Crippen LogP contribution in [0.5, 0.6) is 0 Å². The minimum absolute atomic E-state index is 0.149. The molecule has 0 fully saturated rings. The third kappa shape index (κ3) is 2.90. The van der Waals surface area contributed by atoms with Crippen molar-refractivity contribution in [2.45, 2.75) is 13.5 Å². The standard InChI is InChI=1S/C17H15BrN2O2/c1-2-22-16(21)11-20-15-9-4-3-8-14(15)19-17(20)12-6-5-7-13(18)10-12/h3-10H,2,11H2,1H3. The molecule has 0 aliphatic rings. The van der Waals surface area contributed by atoms with Crippen molar-refractivity contribution < 1.29 is 9.53 Å². The average molecular weight is 359 g/mol. The molecule has 1 aromatic heterocycles. The largest absolute Gasteiger partial charge is 0.465 e. The second-order valence-corrected chi connectivity index (χ2v) is 5.74. The Morgan fingerprint density at radius 1 is 1.23 bits per heavy atom. The zero-order chi connectivity index (χ0) is 15.5. The van der Waals surface area contributed by atoms with E-state index in [-0.39, 0.29) is 12.5 Å². The van der Waals surface area contributed by atoms with E-state index in [1.165, 1.54) is 0 Å². The van der Waals surface area contributed by atoms with Gasteiger partial charge in [-0.05, 0) is 31.2 Å². The number of benzene rings is 2. The second kappa shape index (κ2) is 6.32. The third-order valence-corrected chi connectivity index (χ3v) is 3.82. The van der Waals surface area contributed by atoms with E-state index in [1.807, 2.05) is 53.1 Å². The highest BCUT2D eigenvalue weighted by molar-refractivity contribution is 9.10. The van der Waals surface area contributed by atoms with E-state index >= 15 is 0 Å². The number of carbonyl (C=O) groups excluding carboxylic acids is 1. The number of esters is 1. The molecular weight excluding hydrogens is 344 g/mol. The number of hydrogen-bond donors (Lipinski definition) is 0. The Hall–Kier alpha value is -2.14. The molecule has 5 heteroatoms. The van der Waals surface area contributed by atoms with Gasteiger partial charge in [-0.25, -0.2) is 4.98 Å². The molecule has 0 spiro atoms. The van der Waals surface area contributed by atoms with Crippen LogP contribution < -0.4 is 0 Å². The van der Waals surface area contributed by atoms with Crippen molar-refractivity contribution >= 4 is 32.9 Å². The number of halogens is 1. The number of fused-ring (bicyclic) bond motifs is 1. The first-order chi connectivity index (χ1) is 10.7. The predicted octanol–water partition coefficient (Wildman–Crippen LogP) is 4.03. The summed E-state index contributed by atoms with van der Waals surface area (Å²) in [4.78, 5) is 16.6. The second-order valence-electron chi connectivity index (χ2n) is 4.83. The van der Waals surface area contributed by atoms with Gasteiger partial charge in [-0.15, -0.1) is 0 Å². The van der Waals surface area contributed by atoms with Gasteiger partial charge >= 0.3 is 5.97 Å². The lowest BCUT2D eigenvalue weighted by atomic mass is 10.2. The smallest absolute Gasteiger partial charge is 0.326 e. The van der Waals surface area contributed by atoms with Gasteiger partial charge in [0, 0.05) is 10.0 Å². The molecule has 0 aliphatic carbocycles. The number of nitrogens with zero attached hydrogens (tertiary/aromatic N) is 2. The van der Waals surface area contributed by atoms with E-state index in [4.69, 9.17) is 4.74 Å². The average Bonchev–Trinajstić information content (AvgIpc) is 2.86. The van der Waals surface area contributed by atoms with Crippen LogP contribution in [0.4, 0.5) is 0 Å². The fourth-order valence-corrected chi connectivity index (χ4v) is 2.82. The van der Waals surface area contributed by atoms with Crippen LogP contribution in [0.1, 0.15) is 6.92 Å². The molecule has 0 amide bonds. The molecule has 112 valence electrons. The molecule has 22 heavy (non-hydrogen) atoms. The molecule has 3 rings (SSSR count). The molecule has 0 radical (unpaired) electrons. The van der Waals surface area contributed by atoms with Gasteiger partial charge in [-0.1, -0.05) is 40.2 Å². The van der Waals surface area contributed by atoms with Crippen LogP contribution in [0.15, 0.2) is 53.0 Å². The fraction of sp³-hybridized carbons (Fsp3) is 0.176. The van der Waals surface area contributed by atoms with Gasteiger partial charge in [0.25, 0.3) is 0 Å². The molecule has 3 aromatic rings. The van der Waals surface area contributed by atoms with E-state index in [0.29, 0.717) is 6.61 Å². The predicted molar refractivity (Wildman–Crippen MR) is 89.5 cm³/mol. The van der Waals surface area contributed by atoms with E-state index < -0.39 is 0 Å². The van der Waals surface area contributed by atoms with Crippen molar-refractivity contribution in [3.8, 4) is 11.4 Å².